The van der Waals surface area contributed by atoms with Gasteiger partial charge >= 0.3 is 0 Å². The molecule has 0 radical (unpaired) electrons. The number of aliphatic hydroxyl groups is 1. The van der Waals surface area contributed by atoms with Crippen molar-refractivity contribution in [2.75, 3.05) is 97.0 Å². The van der Waals surface area contributed by atoms with Crippen LogP contribution in [0.3, 0.4) is 0 Å². The Morgan fingerprint density at radius 2 is 1.54 bits per heavy atom. The molecule has 0 bridgehead atoms. The quantitative estimate of drug-likeness (QED) is 0.0563. The third-order valence-corrected chi connectivity index (χ3v) is 14.7. The second kappa shape index (κ2) is 26.5. The first kappa shape index (κ1) is 54.3. The monoisotopic (exact) mass is 1030 g/mol. The number of nitrogens with one attached hydrogen (secondary N) is 1. The van der Waals surface area contributed by atoms with Gasteiger partial charge in [-0.15, -0.1) is 21.5 Å². The fraction of sp³-hybridized carbons (Fsp3) is 0.509. The number of β-amino-alcohol motifs (C(OH)–C–C–N with tert-alkyl or cyclic N) is 1. The topological polar surface area (TPSA) is 199 Å². The first-order valence-electron chi connectivity index (χ1n) is 25.8. The number of ether oxygens (including phenoxy) is 4. The number of nitrogens with zero attached hydrogens (tertiary/aromatic N) is 8. The van der Waals surface area contributed by atoms with Crippen LogP contribution < -0.4 is 10.2 Å². The van der Waals surface area contributed by atoms with E-state index < -0.39 is 23.5 Å². The minimum absolute atomic E-state index is 0.0175. The zero-order valence-corrected chi connectivity index (χ0v) is 44.0. The summed E-state index contributed by atoms with van der Waals surface area (Å²) in [7, 11) is 0. The summed E-state index contributed by atoms with van der Waals surface area (Å²) < 4.78 is 30.3. The van der Waals surface area contributed by atoms with Gasteiger partial charge in [0, 0.05) is 101 Å². The Labute approximate surface area is 437 Å². The number of piperazine rings is 1. The molecular formula is C55H71N9O9S. The van der Waals surface area contributed by atoms with Gasteiger partial charge in [-0.05, 0) is 53.3 Å². The number of hydrogen-bond acceptors (Lipinski definition) is 16. The van der Waals surface area contributed by atoms with Crippen LogP contribution in [0.15, 0.2) is 89.4 Å². The average Bonchev–Trinajstić information content (AvgIpc) is 4.26. The molecule has 2 amide bonds. The van der Waals surface area contributed by atoms with Crippen molar-refractivity contribution >= 4 is 40.3 Å². The predicted octanol–water partition coefficient (Wildman–Crippen LogP) is 6.08. The fourth-order valence-corrected chi connectivity index (χ4v) is 10.2. The number of benzene rings is 2. The van der Waals surface area contributed by atoms with Crippen molar-refractivity contribution in [3.05, 3.63) is 108 Å². The molecule has 4 aromatic heterocycles. The molecule has 19 heteroatoms. The first-order chi connectivity index (χ1) is 35.9. The normalized spacial score (nSPS) is 16.8. The molecular weight excluding hydrogens is 963 g/mol. The van der Waals surface area contributed by atoms with E-state index in [1.54, 1.807) is 23.9 Å². The third-order valence-electron chi connectivity index (χ3n) is 13.8. The van der Waals surface area contributed by atoms with Gasteiger partial charge in [0.2, 0.25) is 11.8 Å². The number of aryl methyl sites for hydroxylation is 3. The van der Waals surface area contributed by atoms with E-state index in [2.05, 4.69) is 54.6 Å². The average molecular weight is 1030 g/mol. The number of ketones is 1. The summed E-state index contributed by atoms with van der Waals surface area (Å²) in [5, 5.41) is 22.1. The molecule has 2 aliphatic heterocycles. The van der Waals surface area contributed by atoms with E-state index in [1.807, 2.05) is 80.2 Å². The Kier molecular flexibility index (Phi) is 19.5. The molecule has 2 aromatic carbocycles. The van der Waals surface area contributed by atoms with Gasteiger partial charge in [0.25, 0.3) is 0 Å². The van der Waals surface area contributed by atoms with Crippen LogP contribution in [0, 0.1) is 18.3 Å². The maximum Gasteiger partial charge on any atom is 0.243 e. The summed E-state index contributed by atoms with van der Waals surface area (Å²) >= 11 is 1.58. The maximum atomic E-state index is 14.0. The molecule has 0 spiro atoms. The zero-order chi connectivity index (χ0) is 51.9. The number of thiazole rings is 1. The minimum Gasteiger partial charge on any atom is -0.469 e. The molecule has 2 fully saturated rings. The molecule has 2 aliphatic rings. The van der Waals surface area contributed by atoms with Gasteiger partial charge in [-0.2, -0.15) is 0 Å². The van der Waals surface area contributed by atoms with Gasteiger partial charge < -0.3 is 43.6 Å². The van der Waals surface area contributed by atoms with Crippen LogP contribution in [-0.4, -0.2) is 161 Å². The number of anilines is 1. The third kappa shape index (κ3) is 14.9. The lowest BCUT2D eigenvalue weighted by Crippen LogP contribution is -2.50. The van der Waals surface area contributed by atoms with Gasteiger partial charge in [0.05, 0.1) is 81.3 Å². The summed E-state index contributed by atoms with van der Waals surface area (Å²) in [6.45, 7) is 16.1. The maximum absolute atomic E-state index is 14.0. The van der Waals surface area contributed by atoms with Crippen molar-refractivity contribution in [3.8, 4) is 21.6 Å². The van der Waals surface area contributed by atoms with E-state index in [9.17, 15) is 19.5 Å². The van der Waals surface area contributed by atoms with Crippen LogP contribution in [0.2, 0.25) is 0 Å². The molecule has 0 unspecified atom stereocenters. The number of rotatable bonds is 27. The summed E-state index contributed by atoms with van der Waals surface area (Å²) in [4.78, 5) is 57.1. The molecule has 0 saturated carbocycles. The molecule has 18 nitrogen and oxygen atoms in total. The van der Waals surface area contributed by atoms with E-state index in [1.165, 1.54) is 10.6 Å². The summed E-state index contributed by atoms with van der Waals surface area (Å²) in [6.07, 6.45) is 6.27. The van der Waals surface area contributed by atoms with Crippen LogP contribution in [0.5, 0.6) is 0 Å². The van der Waals surface area contributed by atoms with E-state index in [4.69, 9.17) is 28.3 Å². The van der Waals surface area contributed by atoms with Gasteiger partial charge in [0.1, 0.15) is 29.7 Å². The highest BCUT2D eigenvalue weighted by Gasteiger charge is 2.44. The number of fused-ring (bicyclic) bond motifs is 1. The minimum atomic E-state index is -0.828. The van der Waals surface area contributed by atoms with Crippen LogP contribution in [0.4, 0.5) is 5.69 Å². The Morgan fingerprint density at radius 1 is 0.851 bits per heavy atom. The first-order valence-corrected chi connectivity index (χ1v) is 26.6. The molecule has 0 aliphatic carbocycles. The summed E-state index contributed by atoms with van der Waals surface area (Å²) in [5.41, 5.74) is 8.20. The summed E-state index contributed by atoms with van der Waals surface area (Å²) in [6, 6.07) is 19.6. The Balaban J connectivity index is 0.637. The van der Waals surface area contributed by atoms with Gasteiger partial charge in [-0.25, -0.2) is 9.97 Å². The largest absolute Gasteiger partial charge is 0.469 e. The number of amides is 2. The molecule has 6 aromatic rings. The fourth-order valence-electron chi connectivity index (χ4n) is 9.43. The SMILES string of the molecule is Cc1ncsc1-c1ccc(CNC(=O)[C@H]2C[C@H](O)CN2C(=O)[C@@H](CC(=O)CCOCCOCCOCCOCCN2CCN(c3ccc(-c4cnc(CCc5ccco5)n5cnnc45)cc3)CC2)C(C)(C)C)cc1. The number of likely N-dealkylation sites (tertiary alicyclic amines) is 1. The van der Waals surface area contributed by atoms with Crippen molar-refractivity contribution in [2.24, 2.45) is 11.3 Å². The Hall–Kier alpha value is -5.93. The lowest BCUT2D eigenvalue weighted by molar-refractivity contribution is -0.146. The van der Waals surface area contributed by atoms with Crippen LogP contribution in [0.25, 0.3) is 27.2 Å². The summed E-state index contributed by atoms with van der Waals surface area (Å²) in [5.74, 6) is 0.423. The number of aliphatic hydroxyl groups excluding tert-OH is 1. The molecule has 396 valence electrons. The molecule has 8 rings (SSSR count). The van der Waals surface area contributed by atoms with Crippen LogP contribution in [-0.2, 0) is 52.7 Å². The van der Waals surface area contributed by atoms with Crippen molar-refractivity contribution in [1.82, 2.24) is 39.7 Å². The van der Waals surface area contributed by atoms with Crippen LogP contribution >= 0.6 is 11.3 Å². The zero-order valence-electron chi connectivity index (χ0n) is 43.2. The van der Waals surface area contributed by atoms with E-state index >= 15 is 0 Å². The van der Waals surface area contributed by atoms with Gasteiger partial charge in [-0.3, -0.25) is 23.7 Å². The molecule has 6 heterocycles. The highest BCUT2D eigenvalue weighted by atomic mass is 32.1. The number of carbonyl (C=O) groups is 3. The van der Waals surface area contributed by atoms with Gasteiger partial charge in [0.15, 0.2) is 5.65 Å². The second-order valence-electron chi connectivity index (χ2n) is 20.0. The number of furan rings is 1. The van der Waals surface area contributed by atoms with E-state index in [0.717, 1.165) is 95.6 Å². The second-order valence-corrected chi connectivity index (χ2v) is 20.9. The van der Waals surface area contributed by atoms with E-state index in [0.29, 0.717) is 46.2 Å². The lowest BCUT2D eigenvalue weighted by Gasteiger charge is -2.36. The number of hydrogen-bond donors (Lipinski definition) is 2. The standard InChI is InChI=1S/C55H71N9O9S/c1-39-51(74-38-58-39)42-9-7-40(8-10-42)34-57-53(67)49-33-45(66)36-63(49)54(68)48(55(2,3)4)32-44(65)17-24-69-26-28-71-30-31-72-29-27-70-25-22-61-18-20-62(21-19-61)43-13-11-41(12-14-43)47-35-56-50(64-37-59-60-52(47)64)16-15-46-6-5-23-73-46/h5-14,23,35,37-38,45,48-49,66H,15-22,24-34,36H2,1-4H3,(H,57,67)/t45-,48+,49+/m0/s1. The highest BCUT2D eigenvalue weighted by molar-refractivity contribution is 7.13. The van der Waals surface area contributed by atoms with Crippen molar-refractivity contribution in [3.63, 3.8) is 0 Å². The number of Topliss-reactive ketones (excluding diaryl/α,β-unsaturated/α-hetero) is 1. The van der Waals surface area contributed by atoms with Gasteiger partial charge in [-0.1, -0.05) is 57.2 Å². The van der Waals surface area contributed by atoms with E-state index in [-0.39, 0.29) is 56.6 Å². The Bertz CT molecular complexity index is 2700. The molecule has 3 atom stereocenters. The predicted molar refractivity (Wildman–Crippen MR) is 282 cm³/mol. The molecule has 2 N–H and O–H groups in total. The highest BCUT2D eigenvalue weighted by Crippen LogP contribution is 2.34. The lowest BCUT2D eigenvalue weighted by atomic mass is 9.76. The van der Waals surface area contributed by atoms with Crippen molar-refractivity contribution in [1.29, 1.82) is 0 Å². The molecule has 2 saturated heterocycles. The van der Waals surface area contributed by atoms with Crippen molar-refractivity contribution < 1.29 is 42.9 Å². The van der Waals surface area contributed by atoms with Crippen LogP contribution in [0.1, 0.15) is 62.9 Å². The number of aromatic nitrogens is 5. The number of carbonyl (C=O) groups excluding carboxylic acids is 3. The van der Waals surface area contributed by atoms with Crippen molar-refractivity contribution in [2.45, 2.75) is 78.5 Å². The Morgan fingerprint density at radius 3 is 2.20 bits per heavy atom. The smallest absolute Gasteiger partial charge is 0.243 e. The molecule has 74 heavy (non-hydrogen) atoms.